The molecule has 0 aliphatic rings. The van der Waals surface area contributed by atoms with Gasteiger partial charge < -0.3 is 9.64 Å². The highest BCUT2D eigenvalue weighted by Crippen LogP contribution is 2.22. The van der Waals surface area contributed by atoms with Crippen LogP contribution in [-0.2, 0) is 6.54 Å². The number of unbranched alkanes of at least 4 members (excludes halogenated alkanes) is 1. The first kappa shape index (κ1) is 19.3. The summed E-state index contributed by atoms with van der Waals surface area (Å²) in [5.41, 5.74) is 0.893. The van der Waals surface area contributed by atoms with E-state index in [-0.39, 0.29) is 12.1 Å². The van der Waals surface area contributed by atoms with Crippen LogP contribution in [0, 0.1) is 0 Å². The van der Waals surface area contributed by atoms with Crippen molar-refractivity contribution >= 4 is 17.2 Å². The Hall–Kier alpha value is -2.02. The average molecular weight is 371 g/mol. The van der Waals surface area contributed by atoms with Crippen molar-refractivity contribution in [2.75, 3.05) is 13.2 Å². The van der Waals surface area contributed by atoms with Crippen LogP contribution in [0.1, 0.15) is 35.7 Å². The first-order chi connectivity index (χ1) is 11.9. The second kappa shape index (κ2) is 8.89. The van der Waals surface area contributed by atoms with Crippen LogP contribution in [0.15, 0.2) is 41.1 Å². The molecule has 0 atom stereocenters. The number of benzene rings is 1. The SMILES string of the molecule is CCCCOc1ccc(C(=O)N(Cc2ccsc2)CC(F)(F)F)cc1. The smallest absolute Gasteiger partial charge is 0.406 e. The van der Waals surface area contributed by atoms with Gasteiger partial charge in [0.05, 0.1) is 6.61 Å². The van der Waals surface area contributed by atoms with Gasteiger partial charge in [0, 0.05) is 12.1 Å². The van der Waals surface area contributed by atoms with E-state index in [9.17, 15) is 18.0 Å². The maximum Gasteiger partial charge on any atom is 0.406 e. The van der Waals surface area contributed by atoms with Gasteiger partial charge in [-0.3, -0.25) is 4.79 Å². The third kappa shape index (κ3) is 6.42. The second-order valence-electron chi connectivity index (χ2n) is 5.63. The van der Waals surface area contributed by atoms with Gasteiger partial charge in [0.1, 0.15) is 12.3 Å². The van der Waals surface area contributed by atoms with Gasteiger partial charge in [-0.1, -0.05) is 13.3 Å². The second-order valence-corrected chi connectivity index (χ2v) is 6.41. The summed E-state index contributed by atoms with van der Waals surface area (Å²) in [6.07, 6.45) is -2.53. The van der Waals surface area contributed by atoms with Crippen molar-refractivity contribution in [2.24, 2.45) is 0 Å². The van der Waals surface area contributed by atoms with Crippen molar-refractivity contribution < 1.29 is 22.7 Å². The largest absolute Gasteiger partial charge is 0.494 e. The number of alkyl halides is 3. The molecular weight excluding hydrogens is 351 g/mol. The van der Waals surface area contributed by atoms with E-state index in [0.717, 1.165) is 17.7 Å². The molecule has 25 heavy (non-hydrogen) atoms. The summed E-state index contributed by atoms with van der Waals surface area (Å²) < 4.78 is 44.0. The van der Waals surface area contributed by atoms with Crippen LogP contribution in [0.5, 0.6) is 5.75 Å². The zero-order valence-corrected chi connectivity index (χ0v) is 14.7. The number of thiophene rings is 1. The lowest BCUT2D eigenvalue weighted by Crippen LogP contribution is -2.38. The van der Waals surface area contributed by atoms with Crippen LogP contribution in [-0.4, -0.2) is 30.1 Å². The fourth-order valence-electron chi connectivity index (χ4n) is 2.23. The zero-order chi connectivity index (χ0) is 18.3. The van der Waals surface area contributed by atoms with Gasteiger partial charge in [-0.05, 0) is 53.1 Å². The van der Waals surface area contributed by atoms with Gasteiger partial charge >= 0.3 is 6.18 Å². The van der Waals surface area contributed by atoms with E-state index < -0.39 is 18.6 Å². The molecule has 2 rings (SSSR count). The van der Waals surface area contributed by atoms with E-state index in [0.29, 0.717) is 17.9 Å². The molecule has 0 radical (unpaired) electrons. The van der Waals surface area contributed by atoms with Crippen molar-refractivity contribution in [3.05, 3.63) is 52.2 Å². The van der Waals surface area contributed by atoms with Gasteiger partial charge in [0.2, 0.25) is 0 Å². The summed E-state index contributed by atoms with van der Waals surface area (Å²) in [6, 6.07) is 7.94. The molecule has 0 fully saturated rings. The molecule has 136 valence electrons. The van der Waals surface area contributed by atoms with Crippen molar-refractivity contribution in [1.82, 2.24) is 4.90 Å². The summed E-state index contributed by atoms with van der Waals surface area (Å²) in [4.78, 5) is 13.3. The molecule has 0 saturated carbocycles. The lowest BCUT2D eigenvalue weighted by Gasteiger charge is -2.23. The molecule has 1 heterocycles. The fourth-order valence-corrected chi connectivity index (χ4v) is 2.89. The summed E-state index contributed by atoms with van der Waals surface area (Å²) in [6.45, 7) is 1.27. The van der Waals surface area contributed by atoms with Crippen molar-refractivity contribution in [2.45, 2.75) is 32.5 Å². The molecule has 0 bridgehead atoms. The van der Waals surface area contributed by atoms with Crippen LogP contribution in [0.3, 0.4) is 0 Å². The van der Waals surface area contributed by atoms with Crippen LogP contribution in [0.2, 0.25) is 0 Å². The van der Waals surface area contributed by atoms with Gasteiger partial charge in [-0.25, -0.2) is 0 Å². The molecule has 1 aromatic carbocycles. The highest BCUT2D eigenvalue weighted by Gasteiger charge is 2.33. The normalized spacial score (nSPS) is 11.4. The van der Waals surface area contributed by atoms with E-state index in [1.807, 2.05) is 6.92 Å². The number of carbonyl (C=O) groups excluding carboxylic acids is 1. The number of amides is 1. The number of rotatable bonds is 8. The Kier molecular flexibility index (Phi) is 6.87. The Bertz CT molecular complexity index is 654. The molecule has 0 aliphatic heterocycles. The third-order valence-electron chi connectivity index (χ3n) is 3.48. The van der Waals surface area contributed by atoms with E-state index >= 15 is 0 Å². The summed E-state index contributed by atoms with van der Waals surface area (Å²) >= 11 is 1.38. The van der Waals surface area contributed by atoms with Crippen molar-refractivity contribution in [3.63, 3.8) is 0 Å². The minimum atomic E-state index is -4.45. The first-order valence-electron chi connectivity index (χ1n) is 7.99. The standard InChI is InChI=1S/C18H20F3NO2S/c1-2-3-9-24-16-6-4-15(5-7-16)17(23)22(13-18(19,20)21)11-14-8-10-25-12-14/h4-8,10,12H,2-3,9,11,13H2,1H3. The van der Waals surface area contributed by atoms with E-state index in [1.165, 1.54) is 23.5 Å². The van der Waals surface area contributed by atoms with Crippen LogP contribution < -0.4 is 4.74 Å². The molecule has 1 aromatic heterocycles. The summed E-state index contributed by atoms with van der Waals surface area (Å²) in [7, 11) is 0. The topological polar surface area (TPSA) is 29.5 Å². The Balaban J connectivity index is 2.09. The molecule has 1 amide bonds. The maximum absolute atomic E-state index is 12.8. The van der Waals surface area contributed by atoms with E-state index in [4.69, 9.17) is 4.74 Å². The lowest BCUT2D eigenvalue weighted by atomic mass is 10.1. The molecule has 3 nitrogen and oxygen atoms in total. The zero-order valence-electron chi connectivity index (χ0n) is 13.9. The Morgan fingerprint density at radius 3 is 2.48 bits per heavy atom. The van der Waals surface area contributed by atoms with Crippen molar-refractivity contribution in [1.29, 1.82) is 0 Å². The highest BCUT2D eigenvalue weighted by molar-refractivity contribution is 7.07. The lowest BCUT2D eigenvalue weighted by molar-refractivity contribution is -0.141. The van der Waals surface area contributed by atoms with Crippen LogP contribution in [0.25, 0.3) is 0 Å². The minimum Gasteiger partial charge on any atom is -0.494 e. The van der Waals surface area contributed by atoms with E-state index in [1.54, 1.807) is 29.0 Å². The Labute approximate surface area is 149 Å². The maximum atomic E-state index is 12.8. The van der Waals surface area contributed by atoms with Gasteiger partial charge in [0.15, 0.2) is 0 Å². The number of hydrogen-bond acceptors (Lipinski definition) is 3. The molecule has 0 aliphatic carbocycles. The summed E-state index contributed by atoms with van der Waals surface area (Å²) in [5.74, 6) is -0.0474. The predicted molar refractivity (Wildman–Crippen MR) is 92.0 cm³/mol. The molecule has 0 N–H and O–H groups in total. The van der Waals surface area contributed by atoms with Crippen molar-refractivity contribution in [3.8, 4) is 5.75 Å². The summed E-state index contributed by atoms with van der Waals surface area (Å²) in [5, 5.41) is 3.51. The molecule has 0 spiro atoms. The van der Waals surface area contributed by atoms with Crippen LogP contribution >= 0.6 is 11.3 Å². The first-order valence-corrected chi connectivity index (χ1v) is 8.93. The van der Waals surface area contributed by atoms with Gasteiger partial charge in [-0.15, -0.1) is 0 Å². The monoisotopic (exact) mass is 371 g/mol. The average Bonchev–Trinajstić information content (AvgIpc) is 3.06. The van der Waals surface area contributed by atoms with Gasteiger partial charge in [-0.2, -0.15) is 24.5 Å². The Morgan fingerprint density at radius 2 is 1.92 bits per heavy atom. The van der Waals surface area contributed by atoms with Crippen LogP contribution in [0.4, 0.5) is 13.2 Å². The minimum absolute atomic E-state index is 0.0728. The molecule has 7 heteroatoms. The quantitative estimate of drug-likeness (QED) is 0.602. The number of halogens is 3. The number of carbonyl (C=O) groups is 1. The number of hydrogen-bond donors (Lipinski definition) is 0. The fraction of sp³-hybridized carbons (Fsp3) is 0.389. The molecule has 2 aromatic rings. The highest BCUT2D eigenvalue weighted by atomic mass is 32.1. The predicted octanol–water partition coefficient (Wildman–Crippen LogP) is 5.13. The molecule has 0 unspecified atom stereocenters. The number of nitrogens with zero attached hydrogens (tertiary/aromatic N) is 1. The number of ether oxygens (including phenoxy) is 1. The van der Waals surface area contributed by atoms with E-state index in [2.05, 4.69) is 0 Å². The van der Waals surface area contributed by atoms with Gasteiger partial charge in [0.25, 0.3) is 5.91 Å². The molecular formula is C18H20F3NO2S. The molecule has 0 saturated heterocycles. The Morgan fingerprint density at radius 1 is 1.20 bits per heavy atom. The third-order valence-corrected chi connectivity index (χ3v) is 4.21.